The predicted octanol–water partition coefficient (Wildman–Crippen LogP) is 2.14. The van der Waals surface area contributed by atoms with Gasteiger partial charge in [-0.05, 0) is 29.8 Å². The van der Waals surface area contributed by atoms with Gasteiger partial charge >= 0.3 is 0 Å². The Morgan fingerprint density at radius 3 is 2.83 bits per heavy atom. The van der Waals surface area contributed by atoms with Gasteiger partial charge in [-0.1, -0.05) is 18.2 Å². The van der Waals surface area contributed by atoms with Crippen molar-refractivity contribution in [1.82, 2.24) is 0 Å². The monoisotopic (exact) mass is 323 g/mol. The number of nitrogens with two attached hydrogens (primary N) is 1. The highest BCUT2D eigenvalue weighted by molar-refractivity contribution is 6.00. The minimum absolute atomic E-state index is 0.0134. The first-order valence-corrected chi connectivity index (χ1v) is 7.50. The summed E-state index contributed by atoms with van der Waals surface area (Å²) >= 11 is 0. The van der Waals surface area contributed by atoms with Crippen molar-refractivity contribution in [3.05, 3.63) is 48.0 Å². The molecule has 1 aliphatic heterocycles. The number of rotatable bonds is 4. The van der Waals surface area contributed by atoms with Crippen LogP contribution in [0, 0.1) is 11.3 Å². The normalized spacial score (nSPS) is 16.1. The van der Waals surface area contributed by atoms with E-state index < -0.39 is 6.10 Å². The fraction of sp³-hybridized carbons (Fsp3) is 0.222. The molecule has 0 radical (unpaired) electrons. The van der Waals surface area contributed by atoms with Crippen molar-refractivity contribution in [2.45, 2.75) is 12.5 Å². The topological polar surface area (TPSA) is 88.6 Å². The zero-order valence-electron chi connectivity index (χ0n) is 13.2. The number of carbonyl (C=O) groups excluding carboxylic acids is 1. The van der Waals surface area contributed by atoms with Crippen LogP contribution in [0.1, 0.15) is 5.56 Å². The first kappa shape index (κ1) is 15.7. The maximum absolute atomic E-state index is 12.7. The number of hydrogen-bond acceptors (Lipinski definition) is 5. The van der Waals surface area contributed by atoms with Crippen molar-refractivity contribution in [2.75, 3.05) is 24.3 Å². The second kappa shape index (κ2) is 6.50. The van der Waals surface area contributed by atoms with Crippen LogP contribution in [0.5, 0.6) is 11.5 Å². The van der Waals surface area contributed by atoms with Gasteiger partial charge < -0.3 is 15.2 Å². The standard InChI is InChI=1S/C18H17N3O3/c1-23-15-7-6-12(10-13(15)20)11-17-18(22)21(9-8-19)14-4-2-3-5-16(14)24-17/h2-7,10,17H,9,11,20H2,1H3. The molecule has 1 heterocycles. The van der Waals surface area contributed by atoms with Gasteiger partial charge in [-0.25, -0.2) is 0 Å². The Morgan fingerprint density at radius 1 is 1.33 bits per heavy atom. The van der Waals surface area contributed by atoms with E-state index in [-0.39, 0.29) is 12.5 Å². The van der Waals surface area contributed by atoms with E-state index in [4.69, 9.17) is 20.5 Å². The van der Waals surface area contributed by atoms with E-state index in [2.05, 4.69) is 0 Å². The van der Waals surface area contributed by atoms with Gasteiger partial charge in [0, 0.05) is 6.42 Å². The molecule has 1 unspecified atom stereocenters. The third-order valence-corrected chi connectivity index (χ3v) is 3.91. The summed E-state index contributed by atoms with van der Waals surface area (Å²) in [6.45, 7) is -0.0134. The molecule has 0 aliphatic carbocycles. The van der Waals surface area contributed by atoms with Gasteiger partial charge in [0.25, 0.3) is 5.91 Å². The average Bonchev–Trinajstić information content (AvgIpc) is 2.59. The molecule has 0 bridgehead atoms. The molecular weight excluding hydrogens is 306 g/mol. The van der Waals surface area contributed by atoms with Crippen LogP contribution >= 0.6 is 0 Å². The Balaban J connectivity index is 1.88. The maximum atomic E-state index is 12.7. The number of methoxy groups -OCH3 is 1. The molecule has 6 heteroatoms. The highest BCUT2D eigenvalue weighted by Crippen LogP contribution is 2.34. The smallest absolute Gasteiger partial charge is 0.269 e. The number of ether oxygens (including phenoxy) is 2. The summed E-state index contributed by atoms with van der Waals surface area (Å²) in [6, 6.07) is 14.6. The quantitative estimate of drug-likeness (QED) is 0.688. The lowest BCUT2D eigenvalue weighted by Crippen LogP contribution is -2.47. The molecule has 2 N–H and O–H groups in total. The summed E-state index contributed by atoms with van der Waals surface area (Å²) in [7, 11) is 1.55. The Morgan fingerprint density at radius 2 is 2.12 bits per heavy atom. The number of nitrogen functional groups attached to an aromatic ring is 1. The first-order chi connectivity index (χ1) is 11.6. The Hall–Kier alpha value is -3.20. The van der Waals surface area contributed by atoms with Gasteiger partial charge in [0.2, 0.25) is 0 Å². The molecule has 3 rings (SSSR count). The lowest BCUT2D eigenvalue weighted by molar-refractivity contribution is -0.126. The SMILES string of the molecule is COc1ccc(CC2Oc3ccccc3N(CC#N)C2=O)cc1N. The van der Waals surface area contributed by atoms with Crippen LogP contribution in [0.15, 0.2) is 42.5 Å². The maximum Gasteiger partial charge on any atom is 0.269 e. The molecule has 6 nitrogen and oxygen atoms in total. The zero-order chi connectivity index (χ0) is 17.1. The van der Waals surface area contributed by atoms with Gasteiger partial charge in [-0.2, -0.15) is 5.26 Å². The van der Waals surface area contributed by atoms with Crippen molar-refractivity contribution in [1.29, 1.82) is 5.26 Å². The minimum Gasteiger partial charge on any atom is -0.495 e. The second-order valence-corrected chi connectivity index (χ2v) is 5.44. The van der Waals surface area contributed by atoms with Crippen LogP contribution in [0.3, 0.4) is 0 Å². The lowest BCUT2D eigenvalue weighted by atomic mass is 10.0. The second-order valence-electron chi connectivity index (χ2n) is 5.44. The number of fused-ring (bicyclic) bond motifs is 1. The summed E-state index contributed by atoms with van der Waals surface area (Å²) in [5.74, 6) is 0.953. The molecule has 2 aromatic rings. The number of nitrogens with zero attached hydrogens (tertiary/aromatic N) is 2. The molecule has 1 atom stereocenters. The Labute approximate surface area is 140 Å². The van der Waals surface area contributed by atoms with E-state index in [1.54, 1.807) is 31.4 Å². The van der Waals surface area contributed by atoms with Crippen molar-refractivity contribution in [3.63, 3.8) is 0 Å². The van der Waals surface area contributed by atoms with Crippen molar-refractivity contribution in [3.8, 4) is 17.6 Å². The van der Waals surface area contributed by atoms with Crippen molar-refractivity contribution >= 4 is 17.3 Å². The summed E-state index contributed by atoms with van der Waals surface area (Å²) in [5.41, 5.74) is 7.91. The van der Waals surface area contributed by atoms with Gasteiger partial charge in [0.1, 0.15) is 18.0 Å². The van der Waals surface area contributed by atoms with E-state index in [1.807, 2.05) is 24.3 Å². The number of hydrogen-bond donors (Lipinski definition) is 1. The van der Waals surface area contributed by atoms with Crippen LogP contribution in [-0.4, -0.2) is 25.7 Å². The minimum atomic E-state index is -0.693. The predicted molar refractivity (Wildman–Crippen MR) is 89.9 cm³/mol. The fourth-order valence-corrected chi connectivity index (χ4v) is 2.76. The van der Waals surface area contributed by atoms with Gasteiger partial charge in [-0.3, -0.25) is 9.69 Å². The molecule has 1 aliphatic rings. The Bertz CT molecular complexity index is 813. The number of anilines is 2. The van der Waals surface area contributed by atoms with Crippen LogP contribution < -0.4 is 20.1 Å². The highest BCUT2D eigenvalue weighted by atomic mass is 16.5. The number of para-hydroxylation sites is 2. The van der Waals surface area contributed by atoms with Crippen LogP contribution in [-0.2, 0) is 11.2 Å². The first-order valence-electron chi connectivity index (χ1n) is 7.50. The number of benzene rings is 2. The van der Waals surface area contributed by atoms with Crippen molar-refractivity contribution < 1.29 is 14.3 Å². The third-order valence-electron chi connectivity index (χ3n) is 3.91. The largest absolute Gasteiger partial charge is 0.495 e. The number of carbonyl (C=O) groups is 1. The summed E-state index contributed by atoms with van der Waals surface area (Å²) in [6.07, 6.45) is -0.329. The molecule has 0 saturated heterocycles. The average molecular weight is 323 g/mol. The van der Waals surface area contributed by atoms with E-state index in [0.717, 1.165) is 5.56 Å². The van der Waals surface area contributed by atoms with Crippen LogP contribution in [0.25, 0.3) is 0 Å². The van der Waals surface area contributed by atoms with E-state index in [1.165, 1.54) is 4.90 Å². The molecule has 24 heavy (non-hydrogen) atoms. The fourth-order valence-electron chi connectivity index (χ4n) is 2.76. The molecule has 1 amide bonds. The number of amides is 1. The highest BCUT2D eigenvalue weighted by Gasteiger charge is 2.34. The van der Waals surface area contributed by atoms with E-state index in [9.17, 15) is 4.79 Å². The molecule has 0 saturated carbocycles. The summed E-state index contributed by atoms with van der Waals surface area (Å²) in [5, 5.41) is 9.02. The number of nitriles is 1. The van der Waals surface area contributed by atoms with Gasteiger partial charge in [-0.15, -0.1) is 0 Å². The molecule has 122 valence electrons. The molecule has 0 spiro atoms. The molecule has 2 aromatic carbocycles. The zero-order valence-corrected chi connectivity index (χ0v) is 13.2. The van der Waals surface area contributed by atoms with Gasteiger partial charge in [0.15, 0.2) is 6.10 Å². The van der Waals surface area contributed by atoms with E-state index >= 15 is 0 Å². The molecule has 0 fully saturated rings. The lowest BCUT2D eigenvalue weighted by Gasteiger charge is -2.33. The summed E-state index contributed by atoms with van der Waals surface area (Å²) < 4.78 is 11.0. The summed E-state index contributed by atoms with van der Waals surface area (Å²) in [4.78, 5) is 14.1. The Kier molecular flexibility index (Phi) is 4.25. The third kappa shape index (κ3) is 2.84. The molecular formula is C18H17N3O3. The van der Waals surface area contributed by atoms with Gasteiger partial charge in [0.05, 0.1) is 24.6 Å². The molecule has 0 aromatic heterocycles. The van der Waals surface area contributed by atoms with Crippen molar-refractivity contribution in [2.24, 2.45) is 0 Å². The van der Waals surface area contributed by atoms with E-state index in [0.29, 0.717) is 29.3 Å². The van der Waals surface area contributed by atoms with Crippen LogP contribution in [0.2, 0.25) is 0 Å². The van der Waals surface area contributed by atoms with Crippen LogP contribution in [0.4, 0.5) is 11.4 Å².